The summed E-state index contributed by atoms with van der Waals surface area (Å²) >= 11 is 0. The van der Waals surface area contributed by atoms with Crippen LogP contribution in [0.5, 0.6) is 0 Å². The van der Waals surface area contributed by atoms with Gasteiger partial charge in [-0.3, -0.25) is 9.59 Å². The number of nitrogens with zero attached hydrogens (tertiary/aromatic N) is 1. The molecule has 0 bridgehead atoms. The Bertz CT molecular complexity index is 932. The molecule has 3 rings (SSSR count). The lowest BCUT2D eigenvalue weighted by molar-refractivity contribution is -0.122. The molecule has 1 aliphatic rings. The van der Waals surface area contributed by atoms with Gasteiger partial charge in [-0.25, -0.2) is 4.79 Å². The maximum atomic E-state index is 12.7. The van der Waals surface area contributed by atoms with Gasteiger partial charge in [-0.2, -0.15) is 0 Å². The van der Waals surface area contributed by atoms with E-state index in [0.717, 1.165) is 36.1 Å². The van der Waals surface area contributed by atoms with Crippen LogP contribution in [0.15, 0.2) is 42.5 Å². The highest BCUT2D eigenvalue weighted by Crippen LogP contribution is 2.31. The van der Waals surface area contributed by atoms with E-state index in [1.54, 1.807) is 29.2 Å². The summed E-state index contributed by atoms with van der Waals surface area (Å²) in [5.41, 5.74) is 3.97. The number of unbranched alkanes of at least 4 members (excludes halogenated alkanes) is 2. The summed E-state index contributed by atoms with van der Waals surface area (Å²) in [6.45, 7) is 6.81. The second-order valence-electron chi connectivity index (χ2n) is 8.06. The lowest BCUT2D eigenvalue weighted by Crippen LogP contribution is -2.29. The van der Waals surface area contributed by atoms with Crippen molar-refractivity contribution in [1.82, 2.24) is 0 Å². The van der Waals surface area contributed by atoms with Gasteiger partial charge in [0.15, 0.2) is 0 Å². The first kappa shape index (κ1) is 22.5. The fourth-order valence-electron chi connectivity index (χ4n) is 3.86. The molecule has 1 atom stereocenters. The van der Waals surface area contributed by atoms with Crippen LogP contribution in [0.3, 0.4) is 0 Å². The van der Waals surface area contributed by atoms with Gasteiger partial charge in [-0.05, 0) is 55.7 Å². The van der Waals surface area contributed by atoms with Crippen LogP contribution in [-0.2, 0) is 14.3 Å². The predicted molar refractivity (Wildman–Crippen MR) is 121 cm³/mol. The van der Waals surface area contributed by atoms with Crippen LogP contribution in [-0.4, -0.2) is 30.9 Å². The highest BCUT2D eigenvalue weighted by atomic mass is 16.5. The molecule has 6 nitrogen and oxygen atoms in total. The topological polar surface area (TPSA) is 75.7 Å². The van der Waals surface area contributed by atoms with E-state index in [1.165, 1.54) is 0 Å². The van der Waals surface area contributed by atoms with Crippen LogP contribution < -0.4 is 10.2 Å². The van der Waals surface area contributed by atoms with Crippen molar-refractivity contribution in [3.63, 3.8) is 0 Å². The second-order valence-corrected chi connectivity index (χ2v) is 8.06. The van der Waals surface area contributed by atoms with Gasteiger partial charge in [0.1, 0.15) is 0 Å². The number of ether oxygens (including phenoxy) is 1. The number of esters is 1. The van der Waals surface area contributed by atoms with Crippen molar-refractivity contribution in [2.75, 3.05) is 23.4 Å². The first-order valence-electron chi connectivity index (χ1n) is 10.8. The van der Waals surface area contributed by atoms with Crippen molar-refractivity contribution in [1.29, 1.82) is 0 Å². The van der Waals surface area contributed by atoms with Gasteiger partial charge in [0.25, 0.3) is 0 Å². The van der Waals surface area contributed by atoms with Crippen molar-refractivity contribution < 1.29 is 19.1 Å². The number of hydrogen-bond acceptors (Lipinski definition) is 4. The van der Waals surface area contributed by atoms with E-state index in [0.29, 0.717) is 24.4 Å². The minimum absolute atomic E-state index is 0.0429. The van der Waals surface area contributed by atoms with E-state index in [9.17, 15) is 14.4 Å². The Hall–Kier alpha value is -3.15. The largest absolute Gasteiger partial charge is 0.462 e. The Morgan fingerprint density at radius 2 is 1.74 bits per heavy atom. The zero-order chi connectivity index (χ0) is 22.4. The average molecular weight is 423 g/mol. The van der Waals surface area contributed by atoms with Gasteiger partial charge in [0.05, 0.1) is 18.1 Å². The quantitative estimate of drug-likeness (QED) is 0.497. The molecule has 164 valence electrons. The summed E-state index contributed by atoms with van der Waals surface area (Å²) in [6, 6.07) is 12.5. The van der Waals surface area contributed by atoms with Gasteiger partial charge in [-0.15, -0.1) is 0 Å². The van der Waals surface area contributed by atoms with Crippen LogP contribution in [0.4, 0.5) is 11.4 Å². The molecule has 1 N–H and O–H groups in total. The van der Waals surface area contributed by atoms with E-state index in [4.69, 9.17) is 4.74 Å². The Kier molecular flexibility index (Phi) is 7.45. The molecule has 0 radical (unpaired) electrons. The van der Waals surface area contributed by atoms with Gasteiger partial charge in [-0.1, -0.05) is 38.0 Å². The third-order valence-electron chi connectivity index (χ3n) is 5.57. The van der Waals surface area contributed by atoms with Crippen molar-refractivity contribution in [2.45, 2.75) is 46.5 Å². The number of anilines is 2. The number of hydrogen-bond donors (Lipinski definition) is 1. The minimum atomic E-state index is -0.422. The van der Waals surface area contributed by atoms with Crippen LogP contribution in [0.1, 0.15) is 54.1 Å². The van der Waals surface area contributed by atoms with E-state index < -0.39 is 5.92 Å². The number of aryl methyl sites for hydroxylation is 2. The van der Waals surface area contributed by atoms with Gasteiger partial charge >= 0.3 is 5.97 Å². The molecule has 1 saturated heterocycles. The molecular formula is C25H30N2O4. The van der Waals surface area contributed by atoms with E-state index in [1.807, 2.05) is 32.0 Å². The summed E-state index contributed by atoms with van der Waals surface area (Å²) in [7, 11) is 0. The number of carbonyl (C=O) groups excluding carboxylic acids is 3. The summed E-state index contributed by atoms with van der Waals surface area (Å²) in [5.74, 6) is -1.02. The molecule has 0 saturated carbocycles. The summed E-state index contributed by atoms with van der Waals surface area (Å²) in [5, 5.41) is 2.86. The molecule has 0 spiro atoms. The van der Waals surface area contributed by atoms with Gasteiger partial charge in [0.2, 0.25) is 11.8 Å². The Labute approximate surface area is 183 Å². The summed E-state index contributed by atoms with van der Waals surface area (Å²) in [6.07, 6.45) is 3.14. The van der Waals surface area contributed by atoms with Crippen LogP contribution in [0.2, 0.25) is 0 Å². The SMILES string of the molecule is CCCCCOC(=O)c1ccc(NC(=O)[C@@H]2CC(=O)N(c3c(C)cccc3C)C2)cc1. The van der Waals surface area contributed by atoms with Crippen molar-refractivity contribution in [3.8, 4) is 0 Å². The molecule has 1 aliphatic heterocycles. The van der Waals surface area contributed by atoms with Crippen molar-refractivity contribution in [3.05, 3.63) is 59.2 Å². The third kappa shape index (κ3) is 5.51. The molecule has 0 aromatic heterocycles. The van der Waals surface area contributed by atoms with Gasteiger partial charge < -0.3 is 15.0 Å². The summed E-state index contributed by atoms with van der Waals surface area (Å²) in [4.78, 5) is 39.1. The number of carbonyl (C=O) groups is 3. The van der Waals surface area contributed by atoms with Crippen LogP contribution in [0, 0.1) is 19.8 Å². The average Bonchev–Trinajstić information content (AvgIpc) is 3.13. The molecule has 2 aromatic carbocycles. The number of benzene rings is 2. The van der Waals surface area contributed by atoms with Crippen molar-refractivity contribution >= 4 is 29.2 Å². The summed E-state index contributed by atoms with van der Waals surface area (Å²) < 4.78 is 5.25. The fourth-order valence-corrected chi connectivity index (χ4v) is 3.86. The molecule has 2 amide bonds. The zero-order valence-electron chi connectivity index (χ0n) is 18.4. The molecule has 0 unspecified atom stereocenters. The first-order valence-corrected chi connectivity index (χ1v) is 10.8. The lowest BCUT2D eigenvalue weighted by Gasteiger charge is -2.21. The molecule has 2 aromatic rings. The molecule has 31 heavy (non-hydrogen) atoms. The normalized spacial score (nSPS) is 15.8. The maximum absolute atomic E-state index is 12.7. The Morgan fingerprint density at radius 1 is 1.06 bits per heavy atom. The first-order chi connectivity index (χ1) is 14.9. The van der Waals surface area contributed by atoms with E-state index >= 15 is 0 Å². The minimum Gasteiger partial charge on any atom is -0.462 e. The van der Waals surface area contributed by atoms with E-state index in [2.05, 4.69) is 12.2 Å². The molecule has 1 heterocycles. The van der Waals surface area contributed by atoms with Gasteiger partial charge in [0, 0.05) is 24.3 Å². The number of nitrogens with one attached hydrogen (secondary N) is 1. The molecular weight excluding hydrogens is 392 g/mol. The number of amides is 2. The van der Waals surface area contributed by atoms with Crippen LogP contribution in [0.25, 0.3) is 0 Å². The monoisotopic (exact) mass is 422 g/mol. The van der Waals surface area contributed by atoms with Crippen LogP contribution >= 0.6 is 0 Å². The smallest absolute Gasteiger partial charge is 0.338 e. The van der Waals surface area contributed by atoms with Crippen molar-refractivity contribution in [2.24, 2.45) is 5.92 Å². The third-order valence-corrected chi connectivity index (χ3v) is 5.57. The molecule has 1 fully saturated rings. The second kappa shape index (κ2) is 10.2. The molecule has 6 heteroatoms. The predicted octanol–water partition coefficient (Wildman–Crippen LogP) is 4.64. The fraction of sp³-hybridized carbons (Fsp3) is 0.400. The molecule has 0 aliphatic carbocycles. The van der Waals surface area contributed by atoms with E-state index in [-0.39, 0.29) is 24.2 Å². The lowest BCUT2D eigenvalue weighted by atomic mass is 10.1. The Balaban J connectivity index is 1.58. The number of para-hydroxylation sites is 1. The standard InChI is InChI=1S/C25H30N2O4/c1-4-5-6-14-31-25(30)19-10-12-21(13-11-19)26-24(29)20-15-22(28)27(16-20)23-17(2)8-7-9-18(23)3/h7-13,20H,4-6,14-16H2,1-3H3,(H,26,29)/t20-/m1/s1. The Morgan fingerprint density at radius 3 is 2.39 bits per heavy atom. The zero-order valence-corrected chi connectivity index (χ0v) is 18.4. The highest BCUT2D eigenvalue weighted by molar-refractivity contribution is 6.04. The highest BCUT2D eigenvalue weighted by Gasteiger charge is 2.36. The number of rotatable bonds is 8. The maximum Gasteiger partial charge on any atom is 0.338 e.